The lowest BCUT2D eigenvalue weighted by molar-refractivity contribution is -0.669. The molecule has 0 aliphatic carbocycles. The lowest BCUT2D eigenvalue weighted by atomic mass is 9.81. The number of pyridine rings is 1. The van der Waals surface area contributed by atoms with Crippen molar-refractivity contribution in [3.05, 3.63) is 101 Å². The van der Waals surface area contributed by atoms with Gasteiger partial charge in [0.05, 0.1) is 4.90 Å². The summed E-state index contributed by atoms with van der Waals surface area (Å²) in [6, 6.07) is 26.2. The zero-order valence-corrected chi connectivity index (χ0v) is 23.8. The van der Waals surface area contributed by atoms with E-state index in [-0.39, 0.29) is 10.3 Å². The average Bonchev–Trinajstić information content (AvgIpc) is 3.06. The van der Waals surface area contributed by atoms with Crippen molar-refractivity contribution in [3.63, 3.8) is 0 Å². The highest BCUT2D eigenvalue weighted by Crippen LogP contribution is 2.44. The zero-order valence-electron chi connectivity index (χ0n) is 23.0. The summed E-state index contributed by atoms with van der Waals surface area (Å²) in [6.07, 6.45) is 4.49. The Morgan fingerprint density at radius 3 is 2.32 bits per heavy atom. The Labute approximate surface area is 226 Å². The van der Waals surface area contributed by atoms with Gasteiger partial charge in [-0.15, -0.1) is 0 Å². The summed E-state index contributed by atoms with van der Waals surface area (Å²) in [4.78, 5) is 2.22. The summed E-state index contributed by atoms with van der Waals surface area (Å²) in [6.45, 7) is 12.0. The van der Waals surface area contributed by atoms with Gasteiger partial charge in [0, 0.05) is 47.8 Å². The summed E-state index contributed by atoms with van der Waals surface area (Å²) in [5.74, 6) is 0. The first-order chi connectivity index (χ1) is 17.9. The number of aromatic nitrogens is 1. The number of likely N-dealkylation sites (N-methyl/N-ethyl adjacent to an activating group) is 1. The molecule has 0 spiro atoms. The quantitative estimate of drug-likeness (QED) is 0.229. The molecule has 0 saturated carbocycles. The number of nitrogens with zero attached hydrogens (tertiary/aromatic N) is 2. The fourth-order valence-corrected chi connectivity index (χ4v) is 5.53. The second-order valence-electron chi connectivity index (χ2n) is 10.4. The molecule has 38 heavy (non-hydrogen) atoms. The van der Waals surface area contributed by atoms with Crippen molar-refractivity contribution in [1.29, 1.82) is 0 Å². The molecule has 4 aromatic rings. The van der Waals surface area contributed by atoms with Gasteiger partial charge in [-0.05, 0) is 74.4 Å². The molecule has 3 aromatic carbocycles. The highest BCUT2D eigenvalue weighted by atomic mass is 32.2. The van der Waals surface area contributed by atoms with Crippen molar-refractivity contribution in [3.8, 4) is 0 Å². The lowest BCUT2D eigenvalue weighted by Crippen LogP contribution is -2.36. The molecule has 1 aliphatic rings. The van der Waals surface area contributed by atoms with Crippen LogP contribution in [-0.2, 0) is 22.1 Å². The molecule has 198 valence electrons. The Morgan fingerprint density at radius 1 is 0.974 bits per heavy atom. The SMILES string of the molecule is CC[n+]1c(/C=C/c2ccc3c(c2)C(C)(C)C(C)N3C)ccc2ccccc21.Cc1ccc(S(=O)(=O)[O-])cc1. The van der Waals surface area contributed by atoms with Gasteiger partial charge in [-0.2, -0.15) is 4.57 Å². The standard InChI is InChI=1S/C25H29N2.C7H8O3S/c1-6-27-21(15-13-20-9-7-8-10-23(20)27)14-11-19-12-16-24-22(17-19)25(3,4)18(2)26(24)5;1-6-2-4-7(5-3-6)11(8,9)10/h7-18H,6H2,1-5H3;2-5H,1H3,(H,8,9,10)/q+1;/p-1. The van der Waals surface area contributed by atoms with E-state index < -0.39 is 10.1 Å². The molecule has 1 aromatic heterocycles. The first-order valence-electron chi connectivity index (χ1n) is 12.9. The molecule has 2 heterocycles. The van der Waals surface area contributed by atoms with Crippen LogP contribution in [0.3, 0.4) is 0 Å². The summed E-state index contributed by atoms with van der Waals surface area (Å²) >= 11 is 0. The number of aryl methyl sites for hydroxylation is 2. The number of para-hydroxylation sites is 1. The van der Waals surface area contributed by atoms with Gasteiger partial charge in [-0.1, -0.05) is 49.7 Å². The lowest BCUT2D eigenvalue weighted by Gasteiger charge is -2.28. The van der Waals surface area contributed by atoms with Crippen molar-refractivity contribution < 1.29 is 17.5 Å². The fourth-order valence-electron chi connectivity index (χ4n) is 5.06. The van der Waals surface area contributed by atoms with Gasteiger partial charge in [0.25, 0.3) is 0 Å². The summed E-state index contributed by atoms with van der Waals surface area (Å²) < 4.78 is 33.5. The zero-order chi connectivity index (χ0) is 27.7. The Morgan fingerprint density at radius 2 is 1.66 bits per heavy atom. The maximum Gasteiger partial charge on any atom is 0.212 e. The second-order valence-corrected chi connectivity index (χ2v) is 11.8. The Bertz CT molecular complexity index is 1590. The molecular weight excluding hydrogens is 492 g/mol. The number of hydrogen-bond acceptors (Lipinski definition) is 4. The van der Waals surface area contributed by atoms with Crippen LogP contribution < -0.4 is 9.47 Å². The van der Waals surface area contributed by atoms with Crippen molar-refractivity contribution in [2.45, 2.75) is 57.5 Å². The van der Waals surface area contributed by atoms with Crippen LogP contribution in [0, 0.1) is 6.92 Å². The first-order valence-corrected chi connectivity index (χ1v) is 14.3. The topological polar surface area (TPSA) is 64.3 Å². The van der Waals surface area contributed by atoms with Gasteiger partial charge in [0.1, 0.15) is 16.7 Å². The van der Waals surface area contributed by atoms with Crippen LogP contribution in [0.15, 0.2) is 83.8 Å². The first kappa shape index (κ1) is 27.6. The molecule has 0 saturated heterocycles. The molecule has 1 atom stereocenters. The molecule has 0 bridgehead atoms. The van der Waals surface area contributed by atoms with Crippen LogP contribution in [0.25, 0.3) is 23.1 Å². The van der Waals surface area contributed by atoms with Crippen LogP contribution in [-0.4, -0.2) is 26.1 Å². The summed E-state index contributed by atoms with van der Waals surface area (Å²) in [7, 11) is -2.07. The minimum atomic E-state index is -4.27. The molecule has 5 nitrogen and oxygen atoms in total. The predicted molar refractivity (Wildman–Crippen MR) is 155 cm³/mol. The smallest absolute Gasteiger partial charge is 0.212 e. The second kappa shape index (κ2) is 10.7. The van der Waals surface area contributed by atoms with Crippen molar-refractivity contribution in [2.24, 2.45) is 0 Å². The Balaban J connectivity index is 0.000000257. The Kier molecular flexibility index (Phi) is 7.77. The molecule has 5 rings (SSSR count). The monoisotopic (exact) mass is 528 g/mol. The highest BCUT2D eigenvalue weighted by molar-refractivity contribution is 7.85. The van der Waals surface area contributed by atoms with Crippen molar-refractivity contribution in [1.82, 2.24) is 0 Å². The molecule has 0 radical (unpaired) electrons. The van der Waals surface area contributed by atoms with Crippen LogP contribution in [0.5, 0.6) is 0 Å². The minimum absolute atomic E-state index is 0.167. The van der Waals surface area contributed by atoms with E-state index in [0.717, 1.165) is 12.1 Å². The van der Waals surface area contributed by atoms with Crippen LogP contribution in [0.2, 0.25) is 0 Å². The van der Waals surface area contributed by atoms with E-state index in [2.05, 4.69) is 111 Å². The number of hydrogen-bond donors (Lipinski definition) is 0. The number of fused-ring (bicyclic) bond motifs is 2. The van der Waals surface area contributed by atoms with Gasteiger partial charge in [0.15, 0.2) is 0 Å². The molecule has 1 aliphatic heterocycles. The average molecular weight is 529 g/mol. The largest absolute Gasteiger partial charge is 0.744 e. The predicted octanol–water partition coefficient (Wildman–Crippen LogP) is 6.33. The van der Waals surface area contributed by atoms with Crippen LogP contribution >= 0.6 is 0 Å². The summed E-state index contributed by atoms with van der Waals surface area (Å²) in [5.41, 5.74) is 7.69. The van der Waals surface area contributed by atoms with Crippen LogP contribution in [0.4, 0.5) is 5.69 Å². The summed E-state index contributed by atoms with van der Waals surface area (Å²) in [5, 5.41) is 1.29. The van der Waals surface area contributed by atoms with Gasteiger partial charge in [-0.25, -0.2) is 8.42 Å². The highest BCUT2D eigenvalue weighted by Gasteiger charge is 2.39. The van der Waals surface area contributed by atoms with Gasteiger partial charge in [0.2, 0.25) is 11.2 Å². The maximum absolute atomic E-state index is 10.4. The number of rotatable bonds is 4. The van der Waals surface area contributed by atoms with Gasteiger partial charge in [-0.3, -0.25) is 0 Å². The van der Waals surface area contributed by atoms with E-state index in [0.29, 0.717) is 6.04 Å². The fraction of sp³-hybridized carbons (Fsp3) is 0.281. The molecule has 0 N–H and O–H groups in total. The van der Waals surface area contributed by atoms with E-state index in [1.807, 2.05) is 6.92 Å². The molecule has 6 heteroatoms. The third kappa shape index (κ3) is 5.52. The number of anilines is 1. The third-order valence-electron chi connectivity index (χ3n) is 7.77. The molecule has 0 fully saturated rings. The van der Waals surface area contributed by atoms with Gasteiger partial charge < -0.3 is 9.45 Å². The van der Waals surface area contributed by atoms with E-state index in [9.17, 15) is 13.0 Å². The minimum Gasteiger partial charge on any atom is -0.744 e. The number of benzene rings is 3. The normalized spacial score (nSPS) is 16.4. The molecule has 0 amide bonds. The molecule has 1 unspecified atom stereocenters. The Hall–Kier alpha value is -3.48. The third-order valence-corrected chi connectivity index (χ3v) is 8.61. The van der Waals surface area contributed by atoms with Gasteiger partial charge >= 0.3 is 0 Å². The van der Waals surface area contributed by atoms with Crippen molar-refractivity contribution >= 4 is 38.9 Å². The van der Waals surface area contributed by atoms with E-state index in [1.54, 1.807) is 12.1 Å². The van der Waals surface area contributed by atoms with E-state index >= 15 is 0 Å². The van der Waals surface area contributed by atoms with E-state index in [4.69, 9.17) is 0 Å². The van der Waals surface area contributed by atoms with E-state index in [1.165, 1.54) is 45.5 Å². The van der Waals surface area contributed by atoms with Crippen molar-refractivity contribution in [2.75, 3.05) is 11.9 Å². The van der Waals surface area contributed by atoms with Crippen LogP contribution in [0.1, 0.15) is 50.1 Å². The maximum atomic E-state index is 10.4. The molecular formula is C32H36N2O3S.